The van der Waals surface area contributed by atoms with Crippen LogP contribution in [0.2, 0.25) is 0 Å². The van der Waals surface area contributed by atoms with Crippen molar-refractivity contribution in [1.29, 1.82) is 0 Å². The Balaban J connectivity index is 2.58. The lowest BCUT2D eigenvalue weighted by Crippen LogP contribution is -2.25. The molecule has 0 saturated carbocycles. The molecule has 0 aliphatic carbocycles. The van der Waals surface area contributed by atoms with Crippen LogP contribution < -0.4 is 5.46 Å². The smallest absolute Gasteiger partial charge is 0.181 e. The highest BCUT2D eigenvalue weighted by Crippen LogP contribution is 2.20. The van der Waals surface area contributed by atoms with Crippen molar-refractivity contribution in [3.05, 3.63) is 24.3 Å². The number of nitrogens with zero attached hydrogens (tertiary/aromatic N) is 4. The van der Waals surface area contributed by atoms with Crippen molar-refractivity contribution >= 4 is 13.3 Å². The van der Waals surface area contributed by atoms with Crippen LogP contribution in [-0.4, -0.2) is 28.1 Å². The van der Waals surface area contributed by atoms with Gasteiger partial charge in [-0.2, -0.15) is 0 Å². The van der Waals surface area contributed by atoms with E-state index in [-0.39, 0.29) is 5.54 Å². The van der Waals surface area contributed by atoms with Crippen LogP contribution in [0.5, 0.6) is 0 Å². The lowest BCUT2D eigenvalue weighted by Gasteiger charge is -2.20. The van der Waals surface area contributed by atoms with Crippen LogP contribution in [0.4, 0.5) is 0 Å². The van der Waals surface area contributed by atoms with Crippen molar-refractivity contribution < 1.29 is 0 Å². The van der Waals surface area contributed by atoms with Gasteiger partial charge in [-0.25, -0.2) is 4.68 Å². The summed E-state index contributed by atoms with van der Waals surface area (Å²) >= 11 is 0. The molecule has 4 nitrogen and oxygen atoms in total. The molecule has 0 N–H and O–H groups in total. The van der Waals surface area contributed by atoms with Gasteiger partial charge in [0.15, 0.2) is 5.82 Å². The summed E-state index contributed by atoms with van der Waals surface area (Å²) in [6.45, 7) is 6.14. The monoisotopic (exact) mass is 212 g/mol. The molecule has 2 aromatic rings. The maximum absolute atomic E-state index is 5.92. The number of aromatic nitrogens is 4. The van der Waals surface area contributed by atoms with Gasteiger partial charge < -0.3 is 0 Å². The maximum Gasteiger partial charge on any atom is 0.181 e. The van der Waals surface area contributed by atoms with Crippen LogP contribution in [-0.2, 0) is 5.54 Å². The van der Waals surface area contributed by atoms with E-state index in [9.17, 15) is 0 Å². The predicted octanol–water partition coefficient (Wildman–Crippen LogP) is 0.889. The Bertz CT molecular complexity index is 499. The first-order chi connectivity index (χ1) is 7.50. The lowest BCUT2D eigenvalue weighted by molar-refractivity contribution is 0.351. The second kappa shape index (κ2) is 3.74. The van der Waals surface area contributed by atoms with Crippen LogP contribution in [0.25, 0.3) is 11.4 Å². The molecule has 0 bridgehead atoms. The molecule has 0 fully saturated rings. The van der Waals surface area contributed by atoms with Gasteiger partial charge >= 0.3 is 0 Å². The molecule has 0 aliphatic heterocycles. The van der Waals surface area contributed by atoms with Gasteiger partial charge in [0, 0.05) is 5.56 Å². The first-order valence-electron chi connectivity index (χ1n) is 5.14. The molecular weight excluding hydrogens is 199 g/mol. The zero-order chi connectivity index (χ0) is 11.8. The van der Waals surface area contributed by atoms with Gasteiger partial charge in [0.25, 0.3) is 0 Å². The highest BCUT2D eigenvalue weighted by molar-refractivity contribution is 6.35. The quantitative estimate of drug-likeness (QED) is 0.659. The topological polar surface area (TPSA) is 43.6 Å². The molecular formula is C11H13BN4. The summed E-state index contributed by atoms with van der Waals surface area (Å²) in [7, 11) is 5.92. The van der Waals surface area contributed by atoms with E-state index >= 15 is 0 Å². The first kappa shape index (κ1) is 10.9. The highest BCUT2D eigenvalue weighted by Gasteiger charge is 2.20. The van der Waals surface area contributed by atoms with Crippen molar-refractivity contribution in [3.8, 4) is 11.4 Å². The molecule has 0 aliphatic rings. The van der Waals surface area contributed by atoms with E-state index in [0.29, 0.717) is 11.3 Å². The Hall–Kier alpha value is -1.65. The Morgan fingerprint density at radius 1 is 1.19 bits per heavy atom. The van der Waals surface area contributed by atoms with E-state index in [1.54, 1.807) is 4.68 Å². The Morgan fingerprint density at radius 3 is 2.50 bits per heavy atom. The standard InChI is InChI=1S/C11H13BN4/c1-11(2,3)16-10(13-14-15-16)8-6-4-5-7-9(8)12/h4-7H,1-3H3. The van der Waals surface area contributed by atoms with Crippen LogP contribution in [0.15, 0.2) is 24.3 Å². The fourth-order valence-electron chi connectivity index (χ4n) is 1.51. The molecule has 1 heterocycles. The van der Waals surface area contributed by atoms with E-state index in [1.807, 2.05) is 45.0 Å². The summed E-state index contributed by atoms with van der Waals surface area (Å²) < 4.78 is 1.78. The van der Waals surface area contributed by atoms with E-state index < -0.39 is 0 Å². The lowest BCUT2D eigenvalue weighted by atomic mass is 9.90. The Kier molecular flexibility index (Phi) is 2.54. The minimum absolute atomic E-state index is 0.166. The third-order valence-corrected chi connectivity index (χ3v) is 2.31. The molecule has 1 aromatic carbocycles. The summed E-state index contributed by atoms with van der Waals surface area (Å²) in [6, 6.07) is 7.58. The minimum atomic E-state index is -0.166. The van der Waals surface area contributed by atoms with E-state index in [2.05, 4.69) is 15.5 Å². The van der Waals surface area contributed by atoms with Crippen molar-refractivity contribution in [3.63, 3.8) is 0 Å². The molecule has 0 amide bonds. The molecule has 2 radical (unpaired) electrons. The zero-order valence-electron chi connectivity index (χ0n) is 9.68. The van der Waals surface area contributed by atoms with Crippen molar-refractivity contribution in [2.45, 2.75) is 26.3 Å². The molecule has 80 valence electrons. The minimum Gasteiger partial charge on any atom is -0.220 e. The van der Waals surface area contributed by atoms with Crippen molar-refractivity contribution in [2.75, 3.05) is 0 Å². The summed E-state index contributed by atoms with van der Waals surface area (Å²) in [4.78, 5) is 0. The van der Waals surface area contributed by atoms with Crippen LogP contribution in [0.3, 0.4) is 0 Å². The highest BCUT2D eigenvalue weighted by atomic mass is 15.6. The largest absolute Gasteiger partial charge is 0.220 e. The van der Waals surface area contributed by atoms with Gasteiger partial charge in [0.1, 0.15) is 7.85 Å². The molecule has 16 heavy (non-hydrogen) atoms. The summed E-state index contributed by atoms with van der Waals surface area (Å²) in [6.07, 6.45) is 0. The number of rotatable bonds is 1. The molecule has 0 atom stereocenters. The summed E-state index contributed by atoms with van der Waals surface area (Å²) in [5, 5.41) is 11.8. The van der Waals surface area contributed by atoms with E-state index in [0.717, 1.165) is 5.56 Å². The SMILES string of the molecule is [B]c1ccccc1-c1nnnn1C(C)(C)C. The number of tetrazole rings is 1. The normalized spacial score (nSPS) is 11.7. The van der Waals surface area contributed by atoms with E-state index in [1.165, 1.54) is 0 Å². The molecule has 1 aromatic heterocycles. The molecule has 5 heteroatoms. The van der Waals surface area contributed by atoms with Gasteiger partial charge in [-0.3, -0.25) is 0 Å². The van der Waals surface area contributed by atoms with Crippen LogP contribution in [0.1, 0.15) is 20.8 Å². The van der Waals surface area contributed by atoms with Gasteiger partial charge in [-0.05, 0) is 31.2 Å². The Morgan fingerprint density at radius 2 is 1.88 bits per heavy atom. The number of hydrogen-bond donors (Lipinski definition) is 0. The maximum atomic E-state index is 5.92. The van der Waals surface area contributed by atoms with Gasteiger partial charge in [-0.15, -0.1) is 5.10 Å². The third-order valence-electron chi connectivity index (χ3n) is 2.31. The zero-order valence-corrected chi connectivity index (χ0v) is 9.68. The average molecular weight is 212 g/mol. The molecule has 0 unspecified atom stereocenters. The molecule has 0 spiro atoms. The third kappa shape index (κ3) is 1.85. The molecule has 2 rings (SSSR count). The number of hydrogen-bond acceptors (Lipinski definition) is 3. The number of benzene rings is 1. The molecule has 0 saturated heterocycles. The summed E-state index contributed by atoms with van der Waals surface area (Å²) in [5.41, 5.74) is 1.38. The second-order valence-electron chi connectivity index (χ2n) is 4.67. The van der Waals surface area contributed by atoms with Crippen LogP contribution in [0, 0.1) is 0 Å². The van der Waals surface area contributed by atoms with Gasteiger partial charge in [0.05, 0.1) is 5.54 Å². The second-order valence-corrected chi connectivity index (χ2v) is 4.67. The first-order valence-corrected chi connectivity index (χ1v) is 5.14. The van der Waals surface area contributed by atoms with Crippen LogP contribution >= 0.6 is 0 Å². The van der Waals surface area contributed by atoms with Crippen molar-refractivity contribution in [2.24, 2.45) is 0 Å². The summed E-state index contributed by atoms with van der Waals surface area (Å²) in [5.74, 6) is 0.700. The Labute approximate surface area is 96.1 Å². The predicted molar refractivity (Wildman–Crippen MR) is 63.6 cm³/mol. The van der Waals surface area contributed by atoms with Gasteiger partial charge in [0.2, 0.25) is 0 Å². The van der Waals surface area contributed by atoms with Gasteiger partial charge in [-0.1, -0.05) is 29.7 Å². The fraction of sp³-hybridized carbons (Fsp3) is 0.364. The average Bonchev–Trinajstić information content (AvgIpc) is 2.66. The van der Waals surface area contributed by atoms with Crippen molar-refractivity contribution in [1.82, 2.24) is 20.2 Å². The van der Waals surface area contributed by atoms with E-state index in [4.69, 9.17) is 7.85 Å². The fourth-order valence-corrected chi connectivity index (χ4v) is 1.51.